The molecule has 0 aliphatic carbocycles. The van der Waals surface area contributed by atoms with E-state index in [-0.39, 0.29) is 6.03 Å². The first-order chi connectivity index (χ1) is 8.41. The van der Waals surface area contributed by atoms with Crippen LogP contribution in [0.4, 0.5) is 4.79 Å². The molecule has 2 N–H and O–H groups in total. The molecule has 1 aromatic rings. The van der Waals surface area contributed by atoms with Crippen molar-refractivity contribution >= 4 is 39.3 Å². The SMILES string of the molecule is CC(C(=O)O)N(C)C(=O)NCCc1ccc(Br)s1. The van der Waals surface area contributed by atoms with E-state index in [0.29, 0.717) is 6.54 Å². The molecule has 0 aliphatic heterocycles. The Morgan fingerprint density at radius 3 is 2.72 bits per heavy atom. The number of carbonyl (C=O) groups excluding carboxylic acids is 1. The molecule has 2 amide bonds. The van der Waals surface area contributed by atoms with Gasteiger partial charge in [0.25, 0.3) is 0 Å². The van der Waals surface area contributed by atoms with Crippen LogP contribution in [0.1, 0.15) is 11.8 Å². The molecule has 1 atom stereocenters. The van der Waals surface area contributed by atoms with Gasteiger partial charge in [0.1, 0.15) is 6.04 Å². The third kappa shape index (κ3) is 4.30. The van der Waals surface area contributed by atoms with E-state index in [0.717, 1.165) is 15.1 Å². The molecular weight excluding hydrogens is 320 g/mol. The molecule has 0 saturated carbocycles. The summed E-state index contributed by atoms with van der Waals surface area (Å²) in [5, 5.41) is 11.5. The van der Waals surface area contributed by atoms with Gasteiger partial charge in [-0.25, -0.2) is 9.59 Å². The minimum atomic E-state index is -1.02. The number of nitrogens with zero attached hydrogens (tertiary/aromatic N) is 1. The lowest BCUT2D eigenvalue weighted by atomic mass is 10.3. The van der Waals surface area contributed by atoms with Crippen molar-refractivity contribution in [2.75, 3.05) is 13.6 Å². The van der Waals surface area contributed by atoms with E-state index in [1.54, 1.807) is 11.3 Å². The van der Waals surface area contributed by atoms with Gasteiger partial charge in [0.15, 0.2) is 0 Å². The Kier molecular flexibility index (Phi) is 5.61. The van der Waals surface area contributed by atoms with Crippen molar-refractivity contribution in [3.8, 4) is 0 Å². The molecule has 1 heterocycles. The molecule has 0 bridgehead atoms. The smallest absolute Gasteiger partial charge is 0.326 e. The number of halogens is 1. The van der Waals surface area contributed by atoms with Crippen molar-refractivity contribution in [1.29, 1.82) is 0 Å². The van der Waals surface area contributed by atoms with E-state index in [1.165, 1.54) is 18.9 Å². The van der Waals surface area contributed by atoms with Gasteiger partial charge in [-0.15, -0.1) is 11.3 Å². The predicted octanol–water partition coefficient (Wildman–Crippen LogP) is 2.17. The highest BCUT2D eigenvalue weighted by molar-refractivity contribution is 9.11. The minimum Gasteiger partial charge on any atom is -0.480 e. The third-order valence-corrected chi connectivity index (χ3v) is 4.22. The maximum absolute atomic E-state index is 11.6. The fourth-order valence-electron chi connectivity index (χ4n) is 1.24. The molecule has 0 aliphatic rings. The normalized spacial score (nSPS) is 11.9. The van der Waals surface area contributed by atoms with Crippen molar-refractivity contribution in [2.24, 2.45) is 0 Å². The van der Waals surface area contributed by atoms with E-state index in [4.69, 9.17) is 5.11 Å². The first-order valence-electron chi connectivity index (χ1n) is 5.39. The summed E-state index contributed by atoms with van der Waals surface area (Å²) in [4.78, 5) is 24.7. The molecule has 0 spiro atoms. The van der Waals surface area contributed by atoms with Crippen LogP contribution in [0.3, 0.4) is 0 Å². The number of rotatable bonds is 5. The van der Waals surface area contributed by atoms with Gasteiger partial charge in [-0.2, -0.15) is 0 Å². The highest BCUT2D eigenvalue weighted by Crippen LogP contribution is 2.22. The number of carbonyl (C=O) groups is 2. The van der Waals surface area contributed by atoms with Crippen LogP contribution in [0.2, 0.25) is 0 Å². The molecule has 7 heteroatoms. The number of likely N-dealkylation sites (N-methyl/N-ethyl adjacent to an activating group) is 1. The average Bonchev–Trinajstić information content (AvgIpc) is 2.72. The highest BCUT2D eigenvalue weighted by atomic mass is 79.9. The second-order valence-electron chi connectivity index (χ2n) is 3.81. The van der Waals surface area contributed by atoms with Gasteiger partial charge in [0.05, 0.1) is 3.79 Å². The fraction of sp³-hybridized carbons (Fsp3) is 0.455. The second kappa shape index (κ2) is 6.75. The fourth-order valence-corrected chi connectivity index (χ4v) is 2.73. The van der Waals surface area contributed by atoms with Crippen LogP contribution in [0, 0.1) is 0 Å². The Bertz CT molecular complexity index is 436. The zero-order valence-corrected chi connectivity index (χ0v) is 12.5. The molecule has 100 valence electrons. The van der Waals surface area contributed by atoms with E-state index in [9.17, 15) is 9.59 Å². The second-order valence-corrected chi connectivity index (χ2v) is 6.36. The maximum atomic E-state index is 11.6. The van der Waals surface area contributed by atoms with Crippen LogP contribution >= 0.6 is 27.3 Å². The molecule has 1 aromatic heterocycles. The summed E-state index contributed by atoms with van der Waals surface area (Å²) in [6.07, 6.45) is 0.733. The standard InChI is InChI=1S/C11H15BrN2O3S/c1-7(10(15)16)14(2)11(17)13-6-5-8-3-4-9(12)18-8/h3-4,7H,5-6H2,1-2H3,(H,13,17)(H,15,16). The molecular formula is C11H15BrN2O3S. The van der Waals surface area contributed by atoms with E-state index in [2.05, 4.69) is 21.2 Å². The van der Waals surface area contributed by atoms with Crippen LogP contribution in [-0.4, -0.2) is 41.6 Å². The Hall–Kier alpha value is -1.08. The Balaban J connectivity index is 2.35. The van der Waals surface area contributed by atoms with Gasteiger partial charge >= 0.3 is 12.0 Å². The Morgan fingerprint density at radius 1 is 1.56 bits per heavy atom. The first kappa shape index (κ1) is 15.0. The summed E-state index contributed by atoms with van der Waals surface area (Å²) in [5.41, 5.74) is 0. The largest absolute Gasteiger partial charge is 0.480 e. The maximum Gasteiger partial charge on any atom is 0.326 e. The molecule has 0 radical (unpaired) electrons. The van der Waals surface area contributed by atoms with Gasteiger partial charge in [-0.3, -0.25) is 0 Å². The zero-order chi connectivity index (χ0) is 13.7. The quantitative estimate of drug-likeness (QED) is 0.866. The number of aliphatic carboxylic acids is 1. The van der Waals surface area contributed by atoms with E-state index in [1.807, 2.05) is 12.1 Å². The lowest BCUT2D eigenvalue weighted by Crippen LogP contribution is -2.46. The summed E-state index contributed by atoms with van der Waals surface area (Å²) in [5.74, 6) is -1.02. The van der Waals surface area contributed by atoms with Crippen molar-refractivity contribution in [1.82, 2.24) is 10.2 Å². The third-order valence-electron chi connectivity index (χ3n) is 2.54. The zero-order valence-electron chi connectivity index (χ0n) is 10.1. The topological polar surface area (TPSA) is 69.6 Å². The minimum absolute atomic E-state index is 0.375. The molecule has 1 rings (SSSR count). The summed E-state index contributed by atoms with van der Waals surface area (Å²) in [7, 11) is 1.47. The average molecular weight is 335 g/mol. The van der Waals surface area contributed by atoms with E-state index < -0.39 is 12.0 Å². The van der Waals surface area contributed by atoms with Gasteiger partial charge in [0, 0.05) is 18.5 Å². The lowest BCUT2D eigenvalue weighted by molar-refractivity contribution is -0.141. The van der Waals surface area contributed by atoms with Crippen LogP contribution in [0.5, 0.6) is 0 Å². The number of nitrogens with one attached hydrogen (secondary N) is 1. The monoisotopic (exact) mass is 334 g/mol. The molecule has 0 saturated heterocycles. The summed E-state index contributed by atoms with van der Waals surface area (Å²) < 4.78 is 1.06. The van der Waals surface area contributed by atoms with Gasteiger partial charge in [0.2, 0.25) is 0 Å². The van der Waals surface area contributed by atoms with Crippen LogP contribution in [-0.2, 0) is 11.2 Å². The number of carboxylic acid groups (broad SMARTS) is 1. The number of hydrogen-bond acceptors (Lipinski definition) is 3. The van der Waals surface area contributed by atoms with Crippen LogP contribution in [0.25, 0.3) is 0 Å². The summed E-state index contributed by atoms with van der Waals surface area (Å²) >= 11 is 4.99. The van der Waals surface area contributed by atoms with Crippen LogP contribution < -0.4 is 5.32 Å². The van der Waals surface area contributed by atoms with E-state index >= 15 is 0 Å². The van der Waals surface area contributed by atoms with Gasteiger partial charge in [-0.1, -0.05) is 0 Å². The molecule has 0 fully saturated rings. The van der Waals surface area contributed by atoms with Crippen molar-refractivity contribution in [3.63, 3.8) is 0 Å². The molecule has 5 nitrogen and oxygen atoms in total. The van der Waals surface area contributed by atoms with Crippen molar-refractivity contribution in [2.45, 2.75) is 19.4 Å². The molecule has 0 aromatic carbocycles. The first-order valence-corrected chi connectivity index (χ1v) is 7.00. The lowest BCUT2D eigenvalue weighted by Gasteiger charge is -2.21. The van der Waals surface area contributed by atoms with Gasteiger partial charge < -0.3 is 15.3 Å². The summed E-state index contributed by atoms with van der Waals surface area (Å²) in [6, 6.07) is 2.74. The number of urea groups is 1. The van der Waals surface area contributed by atoms with Gasteiger partial charge in [-0.05, 0) is 41.4 Å². The predicted molar refractivity (Wildman–Crippen MR) is 74.0 cm³/mol. The molecule has 1 unspecified atom stereocenters. The Morgan fingerprint density at radius 2 is 2.22 bits per heavy atom. The number of carboxylic acids is 1. The highest BCUT2D eigenvalue weighted by Gasteiger charge is 2.20. The van der Waals surface area contributed by atoms with Crippen molar-refractivity contribution in [3.05, 3.63) is 20.8 Å². The van der Waals surface area contributed by atoms with Crippen molar-refractivity contribution < 1.29 is 14.7 Å². The number of amides is 2. The Labute approximate surface area is 118 Å². The molecule has 18 heavy (non-hydrogen) atoms. The van der Waals surface area contributed by atoms with Crippen LogP contribution in [0.15, 0.2) is 15.9 Å². The summed E-state index contributed by atoms with van der Waals surface area (Å²) in [6.45, 7) is 1.96. The number of thiophene rings is 1. The number of hydrogen-bond donors (Lipinski definition) is 2.